The SMILES string of the molecule is CNC(C)CC(C)N1CCCCCC1. The molecule has 1 fully saturated rings. The van der Waals surface area contributed by atoms with E-state index in [0.717, 1.165) is 6.04 Å². The fourth-order valence-corrected chi connectivity index (χ4v) is 2.31. The van der Waals surface area contributed by atoms with E-state index in [-0.39, 0.29) is 0 Å². The predicted molar refractivity (Wildman–Crippen MR) is 62.6 cm³/mol. The minimum atomic E-state index is 0.647. The zero-order valence-electron chi connectivity index (χ0n) is 10.1. The standard InChI is InChI=1S/C12H26N2/c1-11(13-3)10-12(2)14-8-6-4-5-7-9-14/h11-13H,4-10H2,1-3H3. The second-order valence-electron chi connectivity index (χ2n) is 4.72. The lowest BCUT2D eigenvalue weighted by atomic mass is 10.1. The first-order chi connectivity index (χ1) is 6.74. The summed E-state index contributed by atoms with van der Waals surface area (Å²) in [6, 6.07) is 1.39. The van der Waals surface area contributed by atoms with E-state index in [2.05, 4.69) is 31.1 Å². The fourth-order valence-electron chi connectivity index (χ4n) is 2.31. The van der Waals surface area contributed by atoms with Crippen LogP contribution < -0.4 is 5.32 Å². The molecule has 2 nitrogen and oxygen atoms in total. The molecule has 14 heavy (non-hydrogen) atoms. The van der Waals surface area contributed by atoms with Crippen LogP contribution in [0.3, 0.4) is 0 Å². The number of hydrogen-bond acceptors (Lipinski definition) is 2. The molecule has 0 aromatic heterocycles. The van der Waals surface area contributed by atoms with E-state index >= 15 is 0 Å². The smallest absolute Gasteiger partial charge is 0.00816 e. The Balaban J connectivity index is 2.30. The Kier molecular flexibility index (Phi) is 5.49. The molecule has 0 saturated carbocycles. The lowest BCUT2D eigenvalue weighted by Gasteiger charge is -2.29. The van der Waals surface area contributed by atoms with Gasteiger partial charge in [0.25, 0.3) is 0 Å². The molecule has 2 unspecified atom stereocenters. The van der Waals surface area contributed by atoms with Crippen LogP contribution in [-0.4, -0.2) is 37.1 Å². The van der Waals surface area contributed by atoms with E-state index in [1.807, 2.05) is 0 Å². The molecule has 0 bridgehead atoms. The molecular weight excluding hydrogens is 172 g/mol. The monoisotopic (exact) mass is 198 g/mol. The number of likely N-dealkylation sites (tertiary alicyclic amines) is 1. The minimum absolute atomic E-state index is 0.647. The van der Waals surface area contributed by atoms with Crippen LogP contribution in [0.4, 0.5) is 0 Å². The summed E-state index contributed by atoms with van der Waals surface area (Å²) >= 11 is 0. The van der Waals surface area contributed by atoms with Crippen molar-refractivity contribution in [1.29, 1.82) is 0 Å². The van der Waals surface area contributed by atoms with E-state index < -0.39 is 0 Å². The van der Waals surface area contributed by atoms with Gasteiger partial charge in [-0.2, -0.15) is 0 Å². The van der Waals surface area contributed by atoms with Crippen molar-refractivity contribution in [2.45, 2.75) is 58.0 Å². The predicted octanol–water partition coefficient (Wildman–Crippen LogP) is 2.25. The van der Waals surface area contributed by atoms with Gasteiger partial charge in [-0.1, -0.05) is 12.8 Å². The van der Waals surface area contributed by atoms with Gasteiger partial charge in [-0.3, -0.25) is 0 Å². The second-order valence-corrected chi connectivity index (χ2v) is 4.72. The van der Waals surface area contributed by atoms with Gasteiger partial charge < -0.3 is 10.2 Å². The first-order valence-electron chi connectivity index (χ1n) is 6.15. The molecule has 0 spiro atoms. The molecule has 0 amide bonds. The molecule has 84 valence electrons. The lowest BCUT2D eigenvalue weighted by molar-refractivity contribution is 0.197. The maximum atomic E-state index is 3.32. The fraction of sp³-hybridized carbons (Fsp3) is 1.00. The molecule has 0 aliphatic carbocycles. The molecule has 2 heteroatoms. The van der Waals surface area contributed by atoms with Crippen molar-refractivity contribution >= 4 is 0 Å². The van der Waals surface area contributed by atoms with Crippen molar-refractivity contribution in [1.82, 2.24) is 10.2 Å². The zero-order valence-corrected chi connectivity index (χ0v) is 10.1. The molecular formula is C12H26N2. The zero-order chi connectivity index (χ0) is 10.4. The van der Waals surface area contributed by atoms with Crippen molar-refractivity contribution in [2.75, 3.05) is 20.1 Å². The van der Waals surface area contributed by atoms with Crippen LogP contribution in [-0.2, 0) is 0 Å². The van der Waals surface area contributed by atoms with Crippen LogP contribution >= 0.6 is 0 Å². The van der Waals surface area contributed by atoms with Gasteiger partial charge in [0.05, 0.1) is 0 Å². The van der Waals surface area contributed by atoms with Crippen LogP contribution in [0.5, 0.6) is 0 Å². The van der Waals surface area contributed by atoms with E-state index in [4.69, 9.17) is 0 Å². The van der Waals surface area contributed by atoms with Crippen LogP contribution in [0.15, 0.2) is 0 Å². The average molecular weight is 198 g/mol. The highest BCUT2D eigenvalue weighted by atomic mass is 15.1. The Labute approximate surface area is 89.1 Å². The lowest BCUT2D eigenvalue weighted by Crippen LogP contribution is -2.38. The highest BCUT2D eigenvalue weighted by Gasteiger charge is 2.16. The third-order valence-electron chi connectivity index (χ3n) is 3.45. The quantitative estimate of drug-likeness (QED) is 0.745. The topological polar surface area (TPSA) is 15.3 Å². The first-order valence-corrected chi connectivity index (χ1v) is 6.15. The van der Waals surface area contributed by atoms with Gasteiger partial charge in [0.2, 0.25) is 0 Å². The molecule has 1 aliphatic rings. The summed E-state index contributed by atoms with van der Waals surface area (Å²) in [4.78, 5) is 2.67. The molecule has 1 saturated heterocycles. The number of nitrogens with one attached hydrogen (secondary N) is 1. The Morgan fingerprint density at radius 3 is 2.14 bits per heavy atom. The molecule has 0 aromatic carbocycles. The van der Waals surface area contributed by atoms with Gasteiger partial charge in [-0.05, 0) is 53.2 Å². The first kappa shape index (κ1) is 12.0. The van der Waals surface area contributed by atoms with Crippen molar-refractivity contribution in [3.63, 3.8) is 0 Å². The second kappa shape index (κ2) is 6.41. The van der Waals surface area contributed by atoms with Gasteiger partial charge >= 0.3 is 0 Å². The number of rotatable bonds is 4. The van der Waals surface area contributed by atoms with Gasteiger partial charge in [0, 0.05) is 12.1 Å². The summed E-state index contributed by atoms with van der Waals surface area (Å²) in [7, 11) is 2.06. The molecule has 0 aromatic rings. The number of hydrogen-bond donors (Lipinski definition) is 1. The van der Waals surface area contributed by atoms with E-state index in [1.165, 1.54) is 45.2 Å². The summed E-state index contributed by atoms with van der Waals surface area (Å²) in [5.41, 5.74) is 0. The largest absolute Gasteiger partial charge is 0.317 e. The minimum Gasteiger partial charge on any atom is -0.317 e. The van der Waals surface area contributed by atoms with Gasteiger partial charge in [-0.15, -0.1) is 0 Å². The van der Waals surface area contributed by atoms with E-state index in [0.29, 0.717) is 6.04 Å². The Morgan fingerprint density at radius 1 is 1.07 bits per heavy atom. The van der Waals surface area contributed by atoms with E-state index in [1.54, 1.807) is 0 Å². The summed E-state index contributed by atoms with van der Waals surface area (Å²) in [6.45, 7) is 7.28. The molecule has 1 heterocycles. The van der Waals surface area contributed by atoms with Gasteiger partial charge in [0.1, 0.15) is 0 Å². The van der Waals surface area contributed by atoms with Crippen LogP contribution in [0, 0.1) is 0 Å². The molecule has 1 rings (SSSR count). The molecule has 0 radical (unpaired) electrons. The Bertz CT molecular complexity index is 139. The maximum Gasteiger partial charge on any atom is 0.00816 e. The van der Waals surface area contributed by atoms with Crippen molar-refractivity contribution in [3.8, 4) is 0 Å². The van der Waals surface area contributed by atoms with Gasteiger partial charge in [0.15, 0.2) is 0 Å². The average Bonchev–Trinajstić information content (AvgIpc) is 2.45. The third kappa shape index (κ3) is 3.97. The third-order valence-corrected chi connectivity index (χ3v) is 3.45. The summed E-state index contributed by atoms with van der Waals surface area (Å²) < 4.78 is 0. The van der Waals surface area contributed by atoms with Gasteiger partial charge in [-0.25, -0.2) is 0 Å². The normalized spacial score (nSPS) is 24.2. The maximum absolute atomic E-state index is 3.32. The Hall–Kier alpha value is -0.0800. The van der Waals surface area contributed by atoms with Crippen LogP contribution in [0.1, 0.15) is 46.0 Å². The molecule has 1 aliphatic heterocycles. The Morgan fingerprint density at radius 2 is 1.64 bits per heavy atom. The highest BCUT2D eigenvalue weighted by Crippen LogP contribution is 2.14. The summed E-state index contributed by atoms with van der Waals surface area (Å²) in [6.07, 6.45) is 6.95. The summed E-state index contributed by atoms with van der Waals surface area (Å²) in [5, 5.41) is 3.32. The van der Waals surface area contributed by atoms with Crippen LogP contribution in [0.2, 0.25) is 0 Å². The summed E-state index contributed by atoms with van der Waals surface area (Å²) in [5.74, 6) is 0. The van der Waals surface area contributed by atoms with Crippen molar-refractivity contribution in [2.24, 2.45) is 0 Å². The molecule has 2 atom stereocenters. The van der Waals surface area contributed by atoms with Crippen molar-refractivity contribution < 1.29 is 0 Å². The molecule has 1 N–H and O–H groups in total. The van der Waals surface area contributed by atoms with Crippen molar-refractivity contribution in [3.05, 3.63) is 0 Å². The number of nitrogens with zero attached hydrogens (tertiary/aromatic N) is 1. The highest BCUT2D eigenvalue weighted by molar-refractivity contribution is 4.74. The van der Waals surface area contributed by atoms with E-state index in [9.17, 15) is 0 Å². The van der Waals surface area contributed by atoms with Crippen LogP contribution in [0.25, 0.3) is 0 Å².